The number of nitrogens with zero attached hydrogens (tertiary/aromatic N) is 2. The fourth-order valence-electron chi connectivity index (χ4n) is 0.932. The average molecular weight is 169 g/mol. The molecule has 0 rings (SSSR count). The zero-order valence-corrected chi connectivity index (χ0v) is 8.30. The molecule has 0 spiro atoms. The van der Waals surface area contributed by atoms with E-state index in [1.54, 1.807) is 0 Å². The zero-order chi connectivity index (χ0) is 9.40. The normalized spacial score (nSPS) is 12.9. The molecule has 0 fully saturated rings. The van der Waals surface area contributed by atoms with Crippen LogP contribution in [0, 0.1) is 11.3 Å². The van der Waals surface area contributed by atoms with Gasteiger partial charge in [-0.05, 0) is 20.4 Å². The Kier molecular flexibility index (Phi) is 6.73. The highest BCUT2D eigenvalue weighted by Gasteiger charge is 2.04. The van der Waals surface area contributed by atoms with Gasteiger partial charge in [-0.25, -0.2) is 0 Å². The lowest BCUT2D eigenvalue weighted by atomic mass is 10.2. The smallest absolute Gasteiger partial charge is 0.0841 e. The first kappa shape index (κ1) is 11.4. The van der Waals surface area contributed by atoms with E-state index in [0.717, 1.165) is 13.1 Å². The van der Waals surface area contributed by atoms with Crippen molar-refractivity contribution in [3.8, 4) is 6.07 Å². The maximum Gasteiger partial charge on any atom is 0.0841 e. The van der Waals surface area contributed by atoms with Crippen molar-refractivity contribution in [2.24, 2.45) is 0 Å². The largest absolute Gasteiger partial charge is 0.303 e. The minimum Gasteiger partial charge on any atom is -0.303 e. The number of nitriles is 1. The van der Waals surface area contributed by atoms with Crippen LogP contribution in [0.25, 0.3) is 0 Å². The van der Waals surface area contributed by atoms with E-state index in [0.29, 0.717) is 12.6 Å². The summed E-state index contributed by atoms with van der Waals surface area (Å²) in [4.78, 5) is 2.30. The molecule has 0 aromatic rings. The van der Waals surface area contributed by atoms with Crippen LogP contribution in [-0.2, 0) is 0 Å². The molecule has 1 unspecified atom stereocenters. The lowest BCUT2D eigenvalue weighted by molar-refractivity contribution is 0.253. The molecule has 0 aliphatic rings. The maximum absolute atomic E-state index is 8.26. The number of hydrogen-bond donors (Lipinski definition) is 1. The van der Waals surface area contributed by atoms with E-state index in [1.807, 2.05) is 0 Å². The Balaban J connectivity index is 3.32. The van der Waals surface area contributed by atoms with Gasteiger partial charge in [-0.1, -0.05) is 6.92 Å². The van der Waals surface area contributed by atoms with Crippen molar-refractivity contribution in [2.45, 2.75) is 26.3 Å². The van der Waals surface area contributed by atoms with Crippen LogP contribution in [0.5, 0.6) is 0 Å². The molecule has 0 amide bonds. The van der Waals surface area contributed by atoms with Crippen LogP contribution in [0.3, 0.4) is 0 Å². The lowest BCUT2D eigenvalue weighted by Crippen LogP contribution is -2.35. The van der Waals surface area contributed by atoms with Gasteiger partial charge in [0.15, 0.2) is 0 Å². The molecule has 0 saturated heterocycles. The van der Waals surface area contributed by atoms with Gasteiger partial charge >= 0.3 is 0 Å². The molecule has 70 valence electrons. The fourth-order valence-corrected chi connectivity index (χ4v) is 0.932. The van der Waals surface area contributed by atoms with E-state index in [1.165, 1.54) is 6.42 Å². The van der Waals surface area contributed by atoms with Crippen molar-refractivity contribution in [3.05, 3.63) is 0 Å². The number of nitrogens with one attached hydrogen (secondary N) is 1. The van der Waals surface area contributed by atoms with Gasteiger partial charge in [-0.15, -0.1) is 0 Å². The summed E-state index contributed by atoms with van der Waals surface area (Å²) >= 11 is 0. The van der Waals surface area contributed by atoms with Crippen LogP contribution in [-0.4, -0.2) is 37.6 Å². The molecule has 1 atom stereocenters. The van der Waals surface area contributed by atoms with Crippen molar-refractivity contribution in [3.63, 3.8) is 0 Å². The summed E-state index contributed by atoms with van der Waals surface area (Å²) in [5.41, 5.74) is 0. The summed E-state index contributed by atoms with van der Waals surface area (Å²) in [7, 11) is 2.11. The van der Waals surface area contributed by atoms with Crippen molar-refractivity contribution >= 4 is 0 Å². The molecule has 0 aliphatic heterocycles. The zero-order valence-electron chi connectivity index (χ0n) is 8.30. The second kappa shape index (κ2) is 7.08. The Bertz CT molecular complexity index is 139. The Morgan fingerprint density at radius 1 is 1.58 bits per heavy atom. The standard InChI is InChI=1S/C9H19N3/c1-4-9(2)12(3)8-7-11-6-5-10/h9,11H,4,6-8H2,1-3H3. The van der Waals surface area contributed by atoms with Gasteiger partial charge in [0, 0.05) is 19.1 Å². The van der Waals surface area contributed by atoms with Gasteiger partial charge < -0.3 is 10.2 Å². The van der Waals surface area contributed by atoms with Crippen LogP contribution in [0.15, 0.2) is 0 Å². The average Bonchev–Trinajstić information content (AvgIpc) is 2.10. The van der Waals surface area contributed by atoms with Gasteiger partial charge in [0.2, 0.25) is 0 Å². The molecule has 0 radical (unpaired) electrons. The van der Waals surface area contributed by atoms with Crippen molar-refractivity contribution in [1.29, 1.82) is 5.26 Å². The third kappa shape index (κ3) is 5.11. The Hall–Kier alpha value is -0.590. The second-order valence-corrected chi connectivity index (χ2v) is 3.07. The lowest BCUT2D eigenvalue weighted by Gasteiger charge is -2.23. The fraction of sp³-hybridized carbons (Fsp3) is 0.889. The Morgan fingerprint density at radius 3 is 2.75 bits per heavy atom. The summed E-state index contributed by atoms with van der Waals surface area (Å²) in [5, 5.41) is 11.3. The van der Waals surface area contributed by atoms with Crippen LogP contribution in [0.1, 0.15) is 20.3 Å². The molecule has 3 nitrogen and oxygen atoms in total. The van der Waals surface area contributed by atoms with Gasteiger partial charge in [-0.3, -0.25) is 0 Å². The quantitative estimate of drug-likeness (QED) is 0.473. The molecule has 12 heavy (non-hydrogen) atoms. The van der Waals surface area contributed by atoms with E-state index >= 15 is 0 Å². The topological polar surface area (TPSA) is 39.1 Å². The molecule has 0 aromatic carbocycles. The Labute approximate surface area is 75.4 Å². The van der Waals surface area contributed by atoms with Gasteiger partial charge in [-0.2, -0.15) is 5.26 Å². The van der Waals surface area contributed by atoms with Crippen molar-refractivity contribution in [2.75, 3.05) is 26.7 Å². The minimum atomic E-state index is 0.453. The highest BCUT2D eigenvalue weighted by molar-refractivity contribution is 4.73. The first-order valence-electron chi connectivity index (χ1n) is 4.50. The molecule has 0 bridgehead atoms. The van der Waals surface area contributed by atoms with E-state index in [4.69, 9.17) is 5.26 Å². The summed E-state index contributed by atoms with van der Waals surface area (Å²) in [6, 6.07) is 2.69. The van der Waals surface area contributed by atoms with Crippen LogP contribution < -0.4 is 5.32 Å². The van der Waals surface area contributed by atoms with E-state index < -0.39 is 0 Å². The van der Waals surface area contributed by atoms with E-state index in [9.17, 15) is 0 Å². The third-order valence-electron chi connectivity index (χ3n) is 2.19. The summed E-state index contributed by atoms with van der Waals surface area (Å²) < 4.78 is 0. The molecule has 0 aliphatic carbocycles. The third-order valence-corrected chi connectivity index (χ3v) is 2.19. The van der Waals surface area contributed by atoms with Gasteiger partial charge in [0.25, 0.3) is 0 Å². The minimum absolute atomic E-state index is 0.453. The predicted octanol–water partition coefficient (Wildman–Crippen LogP) is 0.830. The van der Waals surface area contributed by atoms with E-state index in [-0.39, 0.29) is 0 Å². The molecule has 0 aromatic heterocycles. The van der Waals surface area contributed by atoms with E-state index in [2.05, 4.69) is 37.2 Å². The summed E-state index contributed by atoms with van der Waals surface area (Å²) in [6.07, 6.45) is 1.18. The second-order valence-electron chi connectivity index (χ2n) is 3.07. The maximum atomic E-state index is 8.26. The molecule has 0 heterocycles. The van der Waals surface area contributed by atoms with Gasteiger partial charge in [0.1, 0.15) is 0 Å². The highest BCUT2D eigenvalue weighted by Crippen LogP contribution is 1.97. The van der Waals surface area contributed by atoms with Gasteiger partial charge in [0.05, 0.1) is 12.6 Å². The molecule has 0 saturated carbocycles. The van der Waals surface area contributed by atoms with Crippen LogP contribution >= 0.6 is 0 Å². The monoisotopic (exact) mass is 169 g/mol. The predicted molar refractivity (Wildman–Crippen MR) is 50.9 cm³/mol. The SMILES string of the molecule is CCC(C)N(C)CCNCC#N. The first-order chi connectivity index (χ1) is 5.72. The van der Waals surface area contributed by atoms with Crippen LogP contribution in [0.2, 0.25) is 0 Å². The summed E-state index contributed by atoms with van der Waals surface area (Å²) in [5.74, 6) is 0. The number of likely N-dealkylation sites (N-methyl/N-ethyl adjacent to an activating group) is 1. The van der Waals surface area contributed by atoms with Crippen molar-refractivity contribution in [1.82, 2.24) is 10.2 Å². The molecule has 1 N–H and O–H groups in total. The number of hydrogen-bond acceptors (Lipinski definition) is 3. The number of rotatable bonds is 6. The highest BCUT2D eigenvalue weighted by atomic mass is 15.1. The first-order valence-corrected chi connectivity index (χ1v) is 4.50. The Morgan fingerprint density at radius 2 is 2.25 bits per heavy atom. The van der Waals surface area contributed by atoms with Crippen LogP contribution in [0.4, 0.5) is 0 Å². The molecule has 3 heteroatoms. The van der Waals surface area contributed by atoms with Crippen molar-refractivity contribution < 1.29 is 0 Å². The summed E-state index contributed by atoms with van der Waals surface area (Å²) in [6.45, 7) is 6.76. The molecular formula is C9H19N3. The molecular weight excluding hydrogens is 150 g/mol.